The maximum atomic E-state index is 12.1. The van der Waals surface area contributed by atoms with Crippen LogP contribution in [-0.2, 0) is 6.54 Å². The topological polar surface area (TPSA) is 79.8 Å². The zero-order valence-electron chi connectivity index (χ0n) is 12.2. The van der Waals surface area contributed by atoms with E-state index in [1.165, 1.54) is 10.7 Å². The van der Waals surface area contributed by atoms with Crippen molar-refractivity contribution in [2.45, 2.75) is 13.5 Å². The maximum Gasteiger partial charge on any atom is 0.267 e. The monoisotopic (exact) mass is 296 g/mol. The first-order valence-electron chi connectivity index (χ1n) is 7.04. The van der Waals surface area contributed by atoms with Crippen LogP contribution in [0.2, 0.25) is 0 Å². The molecule has 0 bridgehead atoms. The number of H-pyrrole nitrogens is 1. The number of benzene rings is 1. The lowest BCUT2D eigenvalue weighted by Gasteiger charge is -2.06. The molecule has 112 valence electrons. The average molecular weight is 296 g/mol. The highest BCUT2D eigenvalue weighted by Gasteiger charge is 2.08. The molecule has 0 aliphatic rings. The molecule has 0 atom stereocenters. The number of aromatic amines is 1. The van der Waals surface area contributed by atoms with Gasteiger partial charge >= 0.3 is 0 Å². The third-order valence-electron chi connectivity index (χ3n) is 3.38. The van der Waals surface area contributed by atoms with Crippen LogP contribution in [0, 0.1) is 6.92 Å². The molecule has 3 rings (SSSR count). The third kappa shape index (κ3) is 2.90. The van der Waals surface area contributed by atoms with Gasteiger partial charge in [-0.1, -0.05) is 18.2 Å². The number of amides is 1. The van der Waals surface area contributed by atoms with Crippen LogP contribution in [-0.4, -0.2) is 27.2 Å². The molecule has 2 N–H and O–H groups in total. The molecule has 22 heavy (non-hydrogen) atoms. The lowest BCUT2D eigenvalue weighted by molar-refractivity contribution is 0.0947. The molecule has 0 aliphatic carbocycles. The van der Waals surface area contributed by atoms with E-state index >= 15 is 0 Å². The number of para-hydroxylation sites is 1. The fourth-order valence-electron chi connectivity index (χ4n) is 2.28. The smallest absolute Gasteiger partial charge is 0.267 e. The summed E-state index contributed by atoms with van der Waals surface area (Å²) < 4.78 is 1.35. The lowest BCUT2D eigenvalue weighted by atomic mass is 10.2. The zero-order valence-corrected chi connectivity index (χ0v) is 12.2. The molecule has 1 aromatic carbocycles. The van der Waals surface area contributed by atoms with Crippen LogP contribution >= 0.6 is 0 Å². The van der Waals surface area contributed by atoms with Gasteiger partial charge in [0.15, 0.2) is 0 Å². The normalized spacial score (nSPS) is 10.8. The first-order valence-corrected chi connectivity index (χ1v) is 7.04. The van der Waals surface area contributed by atoms with Crippen LogP contribution in [0.4, 0.5) is 0 Å². The van der Waals surface area contributed by atoms with E-state index in [0.717, 1.165) is 16.6 Å². The summed E-state index contributed by atoms with van der Waals surface area (Å²) in [6.07, 6.45) is 0. The Balaban J connectivity index is 1.65. The van der Waals surface area contributed by atoms with Crippen molar-refractivity contribution in [1.82, 2.24) is 20.1 Å². The van der Waals surface area contributed by atoms with Crippen LogP contribution < -0.4 is 10.9 Å². The summed E-state index contributed by atoms with van der Waals surface area (Å²) in [6.45, 7) is 2.50. The molecule has 0 spiro atoms. The Morgan fingerprint density at radius 2 is 2.09 bits per heavy atom. The van der Waals surface area contributed by atoms with Crippen molar-refractivity contribution < 1.29 is 4.79 Å². The van der Waals surface area contributed by atoms with E-state index in [9.17, 15) is 9.59 Å². The van der Waals surface area contributed by atoms with Crippen molar-refractivity contribution in [3.8, 4) is 0 Å². The summed E-state index contributed by atoms with van der Waals surface area (Å²) in [7, 11) is 0. The van der Waals surface area contributed by atoms with Crippen molar-refractivity contribution in [2.75, 3.05) is 6.54 Å². The van der Waals surface area contributed by atoms with E-state index in [-0.39, 0.29) is 11.5 Å². The Hall–Kier alpha value is -2.89. The minimum absolute atomic E-state index is 0.175. The quantitative estimate of drug-likeness (QED) is 0.765. The summed E-state index contributed by atoms with van der Waals surface area (Å²) in [6, 6.07) is 12.6. The Bertz CT molecular complexity index is 846. The van der Waals surface area contributed by atoms with Crippen molar-refractivity contribution in [3.05, 3.63) is 64.2 Å². The Morgan fingerprint density at radius 1 is 1.27 bits per heavy atom. The Kier molecular flexibility index (Phi) is 3.74. The molecule has 0 unspecified atom stereocenters. The second-order valence-corrected chi connectivity index (χ2v) is 5.06. The van der Waals surface area contributed by atoms with Crippen molar-refractivity contribution in [2.24, 2.45) is 0 Å². The molecule has 3 aromatic rings. The largest absolute Gasteiger partial charge is 0.351 e. The standard InChI is InChI=1S/C16H16N4O2/c1-11-6-7-15(21)20(19-11)9-8-17-16(22)14-10-12-4-2-3-5-13(12)18-14/h2-7,10,18H,8-9H2,1H3,(H,17,22). The summed E-state index contributed by atoms with van der Waals surface area (Å²) >= 11 is 0. The summed E-state index contributed by atoms with van der Waals surface area (Å²) in [5, 5.41) is 7.90. The van der Waals surface area contributed by atoms with Gasteiger partial charge in [-0.15, -0.1) is 0 Å². The van der Waals surface area contributed by atoms with E-state index in [4.69, 9.17) is 0 Å². The minimum Gasteiger partial charge on any atom is -0.351 e. The number of aryl methyl sites for hydroxylation is 1. The molecule has 0 saturated heterocycles. The summed E-state index contributed by atoms with van der Waals surface area (Å²) in [5.41, 5.74) is 2.02. The highest BCUT2D eigenvalue weighted by Crippen LogP contribution is 2.14. The van der Waals surface area contributed by atoms with Crippen molar-refractivity contribution in [1.29, 1.82) is 0 Å². The van der Waals surface area contributed by atoms with Gasteiger partial charge in [0, 0.05) is 23.5 Å². The predicted octanol–water partition coefficient (Wildman–Crippen LogP) is 1.46. The number of hydrogen-bond acceptors (Lipinski definition) is 3. The van der Waals surface area contributed by atoms with Gasteiger partial charge in [-0.3, -0.25) is 9.59 Å². The second kappa shape index (κ2) is 5.85. The number of nitrogens with zero attached hydrogens (tertiary/aromatic N) is 2. The van der Waals surface area contributed by atoms with Crippen molar-refractivity contribution >= 4 is 16.8 Å². The van der Waals surface area contributed by atoms with Crippen LogP contribution in [0.1, 0.15) is 16.2 Å². The van der Waals surface area contributed by atoms with Gasteiger partial charge in [-0.25, -0.2) is 4.68 Å². The number of rotatable bonds is 4. The van der Waals surface area contributed by atoms with Crippen LogP contribution in [0.5, 0.6) is 0 Å². The molecule has 6 heteroatoms. The molecule has 1 amide bonds. The SMILES string of the molecule is Cc1ccc(=O)n(CCNC(=O)c2cc3ccccc3[nH]2)n1. The maximum absolute atomic E-state index is 12.1. The van der Waals surface area contributed by atoms with Crippen LogP contribution in [0.25, 0.3) is 10.9 Å². The molecule has 0 radical (unpaired) electrons. The number of hydrogen-bond donors (Lipinski definition) is 2. The highest BCUT2D eigenvalue weighted by atomic mass is 16.2. The van der Waals surface area contributed by atoms with E-state index in [2.05, 4.69) is 15.4 Å². The molecule has 2 aromatic heterocycles. The first-order chi connectivity index (χ1) is 10.6. The minimum atomic E-state index is -0.197. The van der Waals surface area contributed by atoms with Gasteiger partial charge in [0.2, 0.25) is 0 Å². The number of aromatic nitrogens is 3. The average Bonchev–Trinajstić information content (AvgIpc) is 2.94. The molecule has 6 nitrogen and oxygen atoms in total. The lowest BCUT2D eigenvalue weighted by Crippen LogP contribution is -2.32. The fraction of sp³-hybridized carbons (Fsp3) is 0.188. The Morgan fingerprint density at radius 3 is 2.91 bits per heavy atom. The van der Waals surface area contributed by atoms with Gasteiger partial charge in [0.1, 0.15) is 5.69 Å². The fourth-order valence-corrected chi connectivity index (χ4v) is 2.28. The third-order valence-corrected chi connectivity index (χ3v) is 3.38. The molecule has 0 fully saturated rings. The highest BCUT2D eigenvalue weighted by molar-refractivity contribution is 5.97. The van der Waals surface area contributed by atoms with Crippen LogP contribution in [0.3, 0.4) is 0 Å². The van der Waals surface area contributed by atoms with Gasteiger partial charge in [0.05, 0.1) is 12.2 Å². The molecular weight excluding hydrogens is 280 g/mol. The number of nitrogens with one attached hydrogen (secondary N) is 2. The summed E-state index contributed by atoms with van der Waals surface area (Å²) in [5.74, 6) is -0.197. The van der Waals surface area contributed by atoms with E-state index < -0.39 is 0 Å². The van der Waals surface area contributed by atoms with Gasteiger partial charge in [0.25, 0.3) is 11.5 Å². The molecule has 2 heterocycles. The first kappa shape index (κ1) is 14.1. The van der Waals surface area contributed by atoms with Gasteiger partial charge < -0.3 is 10.3 Å². The van der Waals surface area contributed by atoms with Crippen molar-refractivity contribution in [3.63, 3.8) is 0 Å². The van der Waals surface area contributed by atoms with E-state index in [1.54, 1.807) is 6.07 Å². The number of carbonyl (C=O) groups is 1. The zero-order chi connectivity index (χ0) is 15.5. The molecule has 0 saturated carbocycles. The van der Waals surface area contributed by atoms with Crippen LogP contribution in [0.15, 0.2) is 47.3 Å². The van der Waals surface area contributed by atoms with Gasteiger partial charge in [-0.2, -0.15) is 5.10 Å². The predicted molar refractivity (Wildman–Crippen MR) is 83.9 cm³/mol. The molecule has 0 aliphatic heterocycles. The summed E-state index contributed by atoms with van der Waals surface area (Å²) in [4.78, 5) is 26.8. The number of carbonyl (C=O) groups excluding carboxylic acids is 1. The Labute approximate surface area is 126 Å². The van der Waals surface area contributed by atoms with Gasteiger partial charge in [-0.05, 0) is 25.1 Å². The molecular formula is C16H16N4O2. The van der Waals surface area contributed by atoms with E-state index in [0.29, 0.717) is 18.8 Å². The number of fused-ring (bicyclic) bond motifs is 1. The van der Waals surface area contributed by atoms with E-state index in [1.807, 2.05) is 37.3 Å². The second-order valence-electron chi connectivity index (χ2n) is 5.06.